The van der Waals surface area contributed by atoms with E-state index in [1.807, 2.05) is 25.1 Å². The summed E-state index contributed by atoms with van der Waals surface area (Å²) >= 11 is 0. The van der Waals surface area contributed by atoms with Gasteiger partial charge in [0.1, 0.15) is 0 Å². The Bertz CT molecular complexity index is 1120. The first-order valence-corrected chi connectivity index (χ1v) is 12.9. The lowest BCUT2D eigenvalue weighted by Crippen LogP contribution is -2.46. The number of aryl methyl sites for hydroxylation is 1. The van der Waals surface area contributed by atoms with Gasteiger partial charge in [-0.25, -0.2) is 8.42 Å². The molecule has 8 heteroatoms. The molecule has 1 amide bonds. The Balaban J connectivity index is 1.42. The summed E-state index contributed by atoms with van der Waals surface area (Å²) in [5.74, 6) is -1.34. The largest absolute Gasteiger partial charge is 0.454 e. The fourth-order valence-corrected chi connectivity index (χ4v) is 6.83. The van der Waals surface area contributed by atoms with Crippen LogP contribution in [0, 0.1) is 6.92 Å². The number of amides is 1. The summed E-state index contributed by atoms with van der Waals surface area (Å²) in [5.41, 5.74) is 2.69. The van der Waals surface area contributed by atoms with Gasteiger partial charge in [-0.3, -0.25) is 9.59 Å². The molecule has 1 saturated heterocycles. The molecule has 0 unspecified atom stereocenters. The minimum atomic E-state index is -3.94. The van der Waals surface area contributed by atoms with E-state index in [-0.39, 0.29) is 17.7 Å². The fourth-order valence-electron chi connectivity index (χ4n) is 4.76. The number of hydrogen-bond acceptors (Lipinski definition) is 6. The zero-order chi connectivity index (χ0) is 23.5. The molecule has 176 valence electrons. The maximum atomic E-state index is 13.3. The van der Waals surface area contributed by atoms with Gasteiger partial charge in [0.05, 0.1) is 4.90 Å². The lowest BCUT2D eigenvalue weighted by molar-refractivity contribution is -0.149. The molecule has 1 aliphatic carbocycles. The third-order valence-corrected chi connectivity index (χ3v) is 9.14. The highest BCUT2D eigenvalue weighted by atomic mass is 32.2. The molecule has 4 rings (SSSR count). The van der Waals surface area contributed by atoms with Crippen molar-refractivity contribution in [2.45, 2.75) is 55.1 Å². The van der Waals surface area contributed by atoms with E-state index in [4.69, 9.17) is 4.74 Å². The quantitative estimate of drug-likeness (QED) is 0.618. The first-order chi connectivity index (χ1) is 15.8. The lowest BCUT2D eigenvalue weighted by Gasteiger charge is -2.26. The van der Waals surface area contributed by atoms with Crippen molar-refractivity contribution in [2.24, 2.45) is 0 Å². The van der Waals surface area contributed by atoms with Crippen molar-refractivity contribution < 1.29 is 22.7 Å². The average molecular weight is 471 g/mol. The molecule has 2 fully saturated rings. The Labute approximate surface area is 195 Å². The number of esters is 1. The van der Waals surface area contributed by atoms with Crippen LogP contribution in [-0.4, -0.2) is 44.7 Å². The second-order valence-electron chi connectivity index (χ2n) is 8.84. The van der Waals surface area contributed by atoms with Gasteiger partial charge in [0.2, 0.25) is 0 Å². The summed E-state index contributed by atoms with van der Waals surface area (Å²) in [6.07, 6.45) is 4.00. The number of carbonyl (C=O) groups excluding carboxylic acids is 2. The van der Waals surface area contributed by atoms with Gasteiger partial charge < -0.3 is 15.0 Å². The number of carbonyl (C=O) groups is 2. The van der Waals surface area contributed by atoms with Crippen molar-refractivity contribution in [3.05, 3.63) is 54.1 Å². The van der Waals surface area contributed by atoms with Gasteiger partial charge in [-0.15, -0.1) is 0 Å². The number of nitrogens with zero attached hydrogens (tertiary/aromatic N) is 1. The molecule has 0 aromatic heterocycles. The first kappa shape index (κ1) is 23.3. The Morgan fingerprint density at radius 3 is 2.30 bits per heavy atom. The van der Waals surface area contributed by atoms with E-state index in [1.165, 1.54) is 25.0 Å². The maximum Gasteiger partial charge on any atom is 0.328 e. The van der Waals surface area contributed by atoms with Gasteiger partial charge in [-0.2, -0.15) is 0 Å². The van der Waals surface area contributed by atoms with Crippen LogP contribution in [-0.2, 0) is 24.2 Å². The molecule has 33 heavy (non-hydrogen) atoms. The van der Waals surface area contributed by atoms with E-state index >= 15 is 0 Å². The van der Waals surface area contributed by atoms with Gasteiger partial charge in [-0.05, 0) is 68.5 Å². The second-order valence-corrected chi connectivity index (χ2v) is 11.1. The fraction of sp³-hybridized carbons (Fsp3) is 0.440. The summed E-state index contributed by atoms with van der Waals surface area (Å²) < 4.78 is 30.3. The molecule has 0 atom stereocenters. The van der Waals surface area contributed by atoms with Crippen LogP contribution in [0.1, 0.15) is 44.1 Å². The first-order valence-electron chi connectivity index (χ1n) is 11.5. The average Bonchev–Trinajstić information content (AvgIpc) is 3.53. The predicted molar refractivity (Wildman–Crippen MR) is 127 cm³/mol. The third-order valence-electron chi connectivity index (χ3n) is 6.64. The van der Waals surface area contributed by atoms with Crippen LogP contribution in [0.15, 0.2) is 53.4 Å². The van der Waals surface area contributed by atoms with Crippen LogP contribution in [0.4, 0.5) is 11.4 Å². The minimum Gasteiger partial charge on any atom is -0.454 e. The Hall–Kier alpha value is -2.87. The van der Waals surface area contributed by atoms with Crippen LogP contribution in [0.3, 0.4) is 0 Å². The zero-order valence-corrected chi connectivity index (χ0v) is 19.7. The molecular formula is C25H30N2O5S. The molecule has 0 bridgehead atoms. The van der Waals surface area contributed by atoms with Gasteiger partial charge in [0.15, 0.2) is 21.2 Å². The normalized spacial score (nSPS) is 17.7. The standard InChI is InChI=1S/C25H30N2O5S/c1-19-17-20(27-15-7-8-16-27)11-12-22(19)26-23(28)18-32-24(29)25(13-5-6-14-25)33(30,31)21-9-3-2-4-10-21/h2-4,9-12,17H,5-8,13-16,18H2,1H3,(H,26,28). The highest BCUT2D eigenvalue weighted by Crippen LogP contribution is 2.41. The van der Waals surface area contributed by atoms with Crippen molar-refractivity contribution >= 4 is 33.1 Å². The highest BCUT2D eigenvalue weighted by Gasteiger charge is 2.54. The molecule has 0 spiro atoms. The SMILES string of the molecule is Cc1cc(N2CCCC2)ccc1NC(=O)COC(=O)C1(S(=O)(=O)c2ccccc2)CCCC1. The third kappa shape index (κ3) is 4.62. The van der Waals surface area contributed by atoms with Gasteiger partial charge in [-0.1, -0.05) is 31.0 Å². The number of benzene rings is 2. The van der Waals surface area contributed by atoms with Crippen LogP contribution < -0.4 is 10.2 Å². The van der Waals surface area contributed by atoms with Crippen molar-refractivity contribution in [3.8, 4) is 0 Å². The van der Waals surface area contributed by atoms with Gasteiger partial charge in [0.25, 0.3) is 5.91 Å². The number of hydrogen-bond donors (Lipinski definition) is 1. The zero-order valence-electron chi connectivity index (χ0n) is 18.9. The molecule has 0 radical (unpaired) electrons. The van der Waals surface area contributed by atoms with Crippen LogP contribution in [0.25, 0.3) is 0 Å². The predicted octanol–water partition coefficient (Wildman–Crippen LogP) is 3.86. The Morgan fingerprint density at radius 2 is 1.67 bits per heavy atom. The number of rotatable bonds is 7. The van der Waals surface area contributed by atoms with Gasteiger partial charge in [0, 0.05) is 24.5 Å². The maximum absolute atomic E-state index is 13.3. The summed E-state index contributed by atoms with van der Waals surface area (Å²) in [7, 11) is -3.94. The molecule has 2 aromatic carbocycles. The van der Waals surface area contributed by atoms with Crippen LogP contribution >= 0.6 is 0 Å². The van der Waals surface area contributed by atoms with Crippen molar-refractivity contribution in [1.29, 1.82) is 0 Å². The number of ether oxygens (including phenoxy) is 1. The summed E-state index contributed by atoms with van der Waals surface area (Å²) in [5, 5.41) is 2.77. The van der Waals surface area contributed by atoms with Crippen LogP contribution in [0.5, 0.6) is 0 Å². The van der Waals surface area contributed by atoms with E-state index < -0.39 is 33.1 Å². The minimum absolute atomic E-state index is 0.0991. The number of anilines is 2. The van der Waals surface area contributed by atoms with E-state index in [2.05, 4.69) is 10.2 Å². The topological polar surface area (TPSA) is 92.8 Å². The molecule has 1 saturated carbocycles. The molecule has 1 heterocycles. The summed E-state index contributed by atoms with van der Waals surface area (Å²) in [6, 6.07) is 13.8. The summed E-state index contributed by atoms with van der Waals surface area (Å²) in [6.45, 7) is 3.46. The Morgan fingerprint density at radius 1 is 1.00 bits per heavy atom. The number of sulfone groups is 1. The molecule has 1 aliphatic heterocycles. The molecule has 2 aliphatic rings. The number of nitrogens with one attached hydrogen (secondary N) is 1. The molecular weight excluding hydrogens is 440 g/mol. The van der Waals surface area contributed by atoms with Gasteiger partial charge >= 0.3 is 5.97 Å². The molecule has 1 N–H and O–H groups in total. The van der Waals surface area contributed by atoms with E-state index in [0.29, 0.717) is 18.5 Å². The second kappa shape index (κ2) is 9.55. The van der Waals surface area contributed by atoms with Crippen molar-refractivity contribution in [1.82, 2.24) is 0 Å². The monoisotopic (exact) mass is 470 g/mol. The van der Waals surface area contributed by atoms with Crippen LogP contribution in [0.2, 0.25) is 0 Å². The summed E-state index contributed by atoms with van der Waals surface area (Å²) in [4.78, 5) is 27.9. The Kier molecular flexibility index (Phi) is 6.74. The van der Waals surface area contributed by atoms with E-state index in [0.717, 1.165) is 24.3 Å². The van der Waals surface area contributed by atoms with E-state index in [9.17, 15) is 18.0 Å². The van der Waals surface area contributed by atoms with Crippen molar-refractivity contribution in [3.63, 3.8) is 0 Å². The lowest BCUT2D eigenvalue weighted by atomic mass is 10.1. The smallest absolute Gasteiger partial charge is 0.328 e. The molecule has 2 aromatic rings. The highest BCUT2D eigenvalue weighted by molar-refractivity contribution is 7.93. The molecule has 7 nitrogen and oxygen atoms in total. The van der Waals surface area contributed by atoms with Crippen molar-refractivity contribution in [2.75, 3.05) is 29.9 Å². The van der Waals surface area contributed by atoms with E-state index in [1.54, 1.807) is 18.2 Å².